The van der Waals surface area contributed by atoms with Crippen molar-refractivity contribution in [2.75, 3.05) is 11.6 Å². The number of hydrogen-bond acceptors (Lipinski definition) is 4. The SMILES string of the molecule is CSc1nn2c(c1C#N)NC(F)(C(F)(F)F)c1ccccc1-2. The van der Waals surface area contributed by atoms with Crippen LogP contribution in [0, 0.1) is 11.3 Å². The molecule has 1 N–H and O–H groups in total. The van der Waals surface area contributed by atoms with Gasteiger partial charge in [0.2, 0.25) is 0 Å². The molecule has 1 aromatic heterocycles. The highest BCUT2D eigenvalue weighted by atomic mass is 32.2. The number of nitriles is 1. The van der Waals surface area contributed by atoms with E-state index in [1.54, 1.807) is 12.3 Å². The van der Waals surface area contributed by atoms with E-state index in [0.717, 1.165) is 22.5 Å². The highest BCUT2D eigenvalue weighted by molar-refractivity contribution is 7.98. The molecule has 114 valence electrons. The number of halogens is 4. The molecule has 2 aromatic rings. The summed E-state index contributed by atoms with van der Waals surface area (Å²) in [6, 6.07) is 6.95. The number of fused-ring (bicyclic) bond motifs is 3. The number of aromatic nitrogens is 2. The smallest absolute Gasteiger partial charge is 0.326 e. The molecule has 3 rings (SSSR count). The van der Waals surface area contributed by atoms with Crippen LogP contribution in [-0.2, 0) is 5.79 Å². The Bertz CT molecular complexity index is 792. The van der Waals surface area contributed by atoms with Crippen LogP contribution in [0.5, 0.6) is 0 Å². The molecule has 1 unspecified atom stereocenters. The molecule has 0 saturated carbocycles. The van der Waals surface area contributed by atoms with Gasteiger partial charge in [-0.25, -0.2) is 9.07 Å². The van der Waals surface area contributed by atoms with Gasteiger partial charge in [0.25, 0.3) is 0 Å². The lowest BCUT2D eigenvalue weighted by Gasteiger charge is -2.35. The number of hydrogen-bond donors (Lipinski definition) is 1. The molecule has 0 aliphatic carbocycles. The maximum absolute atomic E-state index is 14.8. The molecule has 0 fully saturated rings. The highest BCUT2D eigenvalue weighted by Crippen LogP contribution is 2.49. The molecule has 1 aromatic carbocycles. The first kappa shape index (κ1) is 14.7. The van der Waals surface area contributed by atoms with Crippen molar-refractivity contribution >= 4 is 17.6 Å². The molecule has 0 radical (unpaired) electrons. The Balaban J connectivity index is 2.35. The third-order valence-electron chi connectivity index (χ3n) is 3.34. The first-order valence-electron chi connectivity index (χ1n) is 6.04. The number of rotatable bonds is 1. The molecule has 9 heteroatoms. The molecule has 0 amide bonds. The molecule has 2 heterocycles. The van der Waals surface area contributed by atoms with E-state index in [9.17, 15) is 17.6 Å². The minimum atomic E-state index is -5.19. The van der Waals surface area contributed by atoms with Crippen LogP contribution in [0.1, 0.15) is 11.1 Å². The molecule has 1 aliphatic rings. The Morgan fingerprint density at radius 3 is 2.64 bits per heavy atom. The van der Waals surface area contributed by atoms with Gasteiger partial charge in [-0.3, -0.25) is 0 Å². The van der Waals surface area contributed by atoms with Crippen molar-refractivity contribution in [3.63, 3.8) is 0 Å². The number of thioether (sulfide) groups is 1. The molecule has 1 atom stereocenters. The summed E-state index contributed by atoms with van der Waals surface area (Å²) in [6.07, 6.45) is -3.56. The molecule has 0 bridgehead atoms. The fourth-order valence-corrected chi connectivity index (χ4v) is 2.84. The maximum Gasteiger partial charge on any atom is 0.446 e. The number of benzene rings is 1. The van der Waals surface area contributed by atoms with E-state index in [2.05, 4.69) is 5.10 Å². The fraction of sp³-hybridized carbons (Fsp3) is 0.231. The van der Waals surface area contributed by atoms with Gasteiger partial charge in [-0.15, -0.1) is 11.8 Å². The summed E-state index contributed by atoms with van der Waals surface area (Å²) < 4.78 is 55.7. The molecule has 22 heavy (non-hydrogen) atoms. The first-order valence-corrected chi connectivity index (χ1v) is 7.26. The lowest BCUT2D eigenvalue weighted by atomic mass is 9.99. The van der Waals surface area contributed by atoms with Crippen LogP contribution in [-0.4, -0.2) is 22.2 Å². The van der Waals surface area contributed by atoms with Crippen molar-refractivity contribution in [1.82, 2.24) is 9.78 Å². The van der Waals surface area contributed by atoms with Crippen molar-refractivity contribution in [3.8, 4) is 11.8 Å². The number of alkyl halides is 4. The molecule has 1 aliphatic heterocycles. The Labute approximate surface area is 126 Å². The lowest BCUT2D eigenvalue weighted by Crippen LogP contribution is -2.48. The number of nitrogens with one attached hydrogen (secondary N) is 1. The van der Waals surface area contributed by atoms with Gasteiger partial charge in [0.05, 0.1) is 5.69 Å². The minimum absolute atomic E-state index is 0.0483. The van der Waals surface area contributed by atoms with Crippen molar-refractivity contribution in [2.45, 2.75) is 17.0 Å². The standard InChI is InChI=1S/C13H8F4N4S/c1-22-11-7(6-18)10-19-12(14,13(15,16)17)8-4-2-3-5-9(8)21(10)20-11/h2-5,19H,1H3. The lowest BCUT2D eigenvalue weighted by molar-refractivity contribution is -0.225. The third kappa shape index (κ3) is 1.80. The van der Waals surface area contributed by atoms with Crippen molar-refractivity contribution in [3.05, 3.63) is 35.4 Å². The Hall–Kier alpha value is -2.21. The van der Waals surface area contributed by atoms with Crippen LogP contribution in [0.2, 0.25) is 0 Å². The van der Waals surface area contributed by atoms with Crippen LogP contribution in [0.4, 0.5) is 23.4 Å². The quantitative estimate of drug-likeness (QED) is 0.494. The van der Waals surface area contributed by atoms with Gasteiger partial charge in [-0.05, 0) is 12.3 Å². The van der Waals surface area contributed by atoms with E-state index < -0.39 is 17.5 Å². The van der Waals surface area contributed by atoms with Crippen molar-refractivity contribution in [2.24, 2.45) is 0 Å². The summed E-state index contributed by atoms with van der Waals surface area (Å²) in [7, 11) is 0. The zero-order valence-electron chi connectivity index (χ0n) is 11.1. The number of nitrogens with zero attached hydrogens (tertiary/aromatic N) is 3. The minimum Gasteiger partial charge on any atom is -0.326 e. The summed E-state index contributed by atoms with van der Waals surface area (Å²) in [6.45, 7) is 0. The topological polar surface area (TPSA) is 53.6 Å². The molecule has 0 spiro atoms. The second-order valence-electron chi connectivity index (χ2n) is 4.55. The van der Waals surface area contributed by atoms with E-state index in [1.165, 1.54) is 18.2 Å². The van der Waals surface area contributed by atoms with E-state index in [-0.39, 0.29) is 22.1 Å². The largest absolute Gasteiger partial charge is 0.446 e. The van der Waals surface area contributed by atoms with Gasteiger partial charge in [-0.2, -0.15) is 23.5 Å². The summed E-state index contributed by atoms with van der Waals surface area (Å²) in [5.41, 5.74) is -0.754. The zero-order valence-corrected chi connectivity index (χ0v) is 11.9. The first-order chi connectivity index (χ1) is 10.3. The molecule has 4 nitrogen and oxygen atoms in total. The van der Waals surface area contributed by atoms with Crippen molar-refractivity contribution < 1.29 is 17.6 Å². The average Bonchev–Trinajstić information content (AvgIpc) is 2.84. The normalized spacial score (nSPS) is 19.8. The number of para-hydroxylation sites is 1. The average molecular weight is 328 g/mol. The summed E-state index contributed by atoms with van der Waals surface area (Å²) in [4.78, 5) is 0. The third-order valence-corrected chi connectivity index (χ3v) is 4.02. The number of anilines is 1. The van der Waals surface area contributed by atoms with E-state index in [4.69, 9.17) is 5.26 Å². The van der Waals surface area contributed by atoms with Crippen LogP contribution in [0.15, 0.2) is 29.3 Å². The Morgan fingerprint density at radius 2 is 2.05 bits per heavy atom. The van der Waals surface area contributed by atoms with E-state index >= 15 is 0 Å². The zero-order chi connectivity index (χ0) is 16.1. The van der Waals surface area contributed by atoms with Gasteiger partial charge in [0.15, 0.2) is 5.82 Å². The second kappa shape index (κ2) is 4.64. The van der Waals surface area contributed by atoms with Crippen LogP contribution in [0.3, 0.4) is 0 Å². The summed E-state index contributed by atoms with van der Waals surface area (Å²) in [5, 5.41) is 15.3. The van der Waals surface area contributed by atoms with E-state index in [0.29, 0.717) is 0 Å². The van der Waals surface area contributed by atoms with Crippen LogP contribution >= 0.6 is 11.8 Å². The van der Waals surface area contributed by atoms with Gasteiger partial charge >= 0.3 is 12.0 Å². The second-order valence-corrected chi connectivity index (χ2v) is 5.35. The molecular formula is C13H8F4N4S. The highest BCUT2D eigenvalue weighted by Gasteiger charge is 2.61. The monoisotopic (exact) mass is 328 g/mol. The summed E-state index contributed by atoms with van der Waals surface area (Å²) in [5.74, 6) is -4.08. The predicted molar refractivity (Wildman–Crippen MR) is 72.5 cm³/mol. The summed E-state index contributed by atoms with van der Waals surface area (Å²) >= 11 is 1.10. The maximum atomic E-state index is 14.8. The van der Waals surface area contributed by atoms with Crippen LogP contribution < -0.4 is 5.32 Å². The Kier molecular flexibility index (Phi) is 3.11. The van der Waals surface area contributed by atoms with Gasteiger partial charge in [0, 0.05) is 5.56 Å². The van der Waals surface area contributed by atoms with Crippen molar-refractivity contribution in [1.29, 1.82) is 5.26 Å². The van der Waals surface area contributed by atoms with E-state index in [1.807, 2.05) is 5.32 Å². The van der Waals surface area contributed by atoms with Gasteiger partial charge in [-0.1, -0.05) is 18.2 Å². The fourth-order valence-electron chi connectivity index (χ4n) is 2.34. The predicted octanol–water partition coefficient (Wildman–Crippen LogP) is 3.58. The Morgan fingerprint density at radius 1 is 1.36 bits per heavy atom. The van der Waals surface area contributed by atoms with Crippen LogP contribution in [0.25, 0.3) is 5.69 Å². The molecule has 0 saturated heterocycles. The van der Waals surface area contributed by atoms with Gasteiger partial charge in [0.1, 0.15) is 16.7 Å². The molecular weight excluding hydrogens is 320 g/mol. The van der Waals surface area contributed by atoms with Gasteiger partial charge < -0.3 is 5.32 Å².